The zero-order valence-corrected chi connectivity index (χ0v) is 26.3. The fourth-order valence-corrected chi connectivity index (χ4v) is 4.12. The van der Waals surface area contributed by atoms with Gasteiger partial charge in [0, 0.05) is 12.5 Å². The maximum Gasteiger partial charge on any atom is 0.408 e. The number of terminal acetylenes is 1. The quantitative estimate of drug-likeness (QED) is 0.201. The molecule has 11 nitrogen and oxygen atoms in total. The lowest BCUT2D eigenvalue weighted by molar-refractivity contribution is -0.159. The second-order valence-corrected chi connectivity index (χ2v) is 12.3. The lowest BCUT2D eigenvalue weighted by atomic mass is 10.00. The summed E-state index contributed by atoms with van der Waals surface area (Å²) in [4.78, 5) is 66.3. The van der Waals surface area contributed by atoms with Crippen molar-refractivity contribution in [3.8, 4) is 12.5 Å². The van der Waals surface area contributed by atoms with Gasteiger partial charge in [0.05, 0.1) is 6.42 Å². The number of ether oxygens (including phenoxy) is 2. The molecule has 0 saturated carbocycles. The van der Waals surface area contributed by atoms with Gasteiger partial charge >= 0.3 is 12.1 Å². The summed E-state index contributed by atoms with van der Waals surface area (Å²) >= 11 is 0. The van der Waals surface area contributed by atoms with Gasteiger partial charge in [-0.2, -0.15) is 0 Å². The molecule has 3 atom stereocenters. The fraction of sp³-hybridized carbons (Fsp3) is 0.424. The smallest absolute Gasteiger partial charge is 0.408 e. The average Bonchev–Trinajstić information content (AvgIpc) is 2.89. The molecule has 44 heavy (non-hydrogen) atoms. The molecule has 0 heterocycles. The third kappa shape index (κ3) is 11.4. The van der Waals surface area contributed by atoms with Crippen molar-refractivity contribution < 1.29 is 33.4 Å². The number of nitrogens with one attached hydrogen (secondary N) is 2. The number of alkyl carbamates (subject to hydrolysis) is 1. The fourth-order valence-electron chi connectivity index (χ4n) is 4.12. The van der Waals surface area contributed by atoms with Gasteiger partial charge in [0.2, 0.25) is 11.8 Å². The van der Waals surface area contributed by atoms with Crippen molar-refractivity contribution in [1.29, 1.82) is 0 Å². The van der Waals surface area contributed by atoms with E-state index in [0.717, 1.165) is 16.0 Å². The van der Waals surface area contributed by atoms with Crippen LogP contribution in [0.5, 0.6) is 0 Å². The van der Waals surface area contributed by atoms with Crippen LogP contribution >= 0.6 is 0 Å². The number of rotatable bonds is 11. The van der Waals surface area contributed by atoms with E-state index in [1.807, 2.05) is 13.0 Å². The second-order valence-electron chi connectivity index (χ2n) is 12.3. The molecule has 0 radical (unpaired) electrons. The Labute approximate surface area is 258 Å². The highest BCUT2D eigenvalue weighted by molar-refractivity contribution is 5.96. The number of carbonyl (C=O) groups is 5. The van der Waals surface area contributed by atoms with Crippen molar-refractivity contribution in [2.75, 3.05) is 0 Å². The summed E-state index contributed by atoms with van der Waals surface area (Å²) in [5.41, 5.74) is 5.57. The standard InChI is InChI=1S/C33H42N4O7/c1-9-37(29(40)24(20-26(34)38)36-31(42)44-33(6,7)8)27(23-17-15-21(2)16-18-23)28(39)35-25(30(41)43-32(3,4)5)19-22-13-11-10-12-14-22/h1,10-18,24-25,27H,19-20H2,2-8H3,(H2,34,38)(H,35,39)(H,36,42). The number of primary amides is 1. The number of nitrogens with zero attached hydrogens (tertiary/aromatic N) is 1. The van der Waals surface area contributed by atoms with Gasteiger partial charge in [-0.15, -0.1) is 0 Å². The number of hydrogen-bond donors (Lipinski definition) is 3. The monoisotopic (exact) mass is 606 g/mol. The second kappa shape index (κ2) is 15.0. The molecule has 3 unspecified atom stereocenters. The minimum absolute atomic E-state index is 0.0939. The SMILES string of the molecule is C#CN(C(=O)C(CC(N)=O)NC(=O)OC(C)(C)C)C(C(=O)NC(Cc1ccccc1)C(=O)OC(C)(C)C)c1ccc(C)cc1. The number of nitrogens with two attached hydrogens (primary N) is 1. The third-order valence-corrected chi connectivity index (χ3v) is 5.96. The van der Waals surface area contributed by atoms with Gasteiger partial charge < -0.3 is 25.8 Å². The van der Waals surface area contributed by atoms with Gasteiger partial charge in [-0.05, 0) is 59.6 Å². The van der Waals surface area contributed by atoms with Crippen LogP contribution in [0.1, 0.15) is 70.7 Å². The zero-order chi connectivity index (χ0) is 33.2. The van der Waals surface area contributed by atoms with Crippen LogP contribution in [0.3, 0.4) is 0 Å². The van der Waals surface area contributed by atoms with Crippen LogP contribution < -0.4 is 16.4 Å². The van der Waals surface area contributed by atoms with Gasteiger partial charge in [0.1, 0.15) is 29.3 Å². The Morgan fingerprint density at radius 2 is 1.43 bits per heavy atom. The Bertz CT molecular complexity index is 1370. The van der Waals surface area contributed by atoms with Crippen LogP contribution in [0.4, 0.5) is 4.79 Å². The highest BCUT2D eigenvalue weighted by atomic mass is 16.6. The molecule has 236 valence electrons. The number of esters is 1. The first kappa shape index (κ1) is 35.3. The maximum atomic E-state index is 14.0. The van der Waals surface area contributed by atoms with E-state index in [0.29, 0.717) is 5.56 Å². The Kier molecular flexibility index (Phi) is 12.1. The summed E-state index contributed by atoms with van der Waals surface area (Å²) in [6.07, 6.45) is 4.29. The van der Waals surface area contributed by atoms with Crippen LogP contribution in [-0.2, 0) is 35.1 Å². The summed E-state index contributed by atoms with van der Waals surface area (Å²) in [6.45, 7) is 11.8. The Balaban J connectivity index is 2.53. The van der Waals surface area contributed by atoms with E-state index in [4.69, 9.17) is 21.6 Å². The molecule has 0 saturated heterocycles. The number of carbonyl (C=O) groups excluding carboxylic acids is 5. The van der Waals surface area contributed by atoms with Crippen LogP contribution in [0.15, 0.2) is 54.6 Å². The molecular weight excluding hydrogens is 564 g/mol. The number of benzene rings is 2. The molecule has 4 N–H and O–H groups in total. The van der Waals surface area contributed by atoms with Gasteiger partial charge in [-0.3, -0.25) is 19.3 Å². The number of aryl methyl sites for hydroxylation is 1. The predicted molar refractivity (Wildman–Crippen MR) is 164 cm³/mol. The molecule has 0 fully saturated rings. The van der Waals surface area contributed by atoms with Crippen molar-refractivity contribution in [2.24, 2.45) is 5.73 Å². The normalized spacial score (nSPS) is 13.3. The lowest BCUT2D eigenvalue weighted by Gasteiger charge is -2.31. The predicted octanol–water partition coefficient (Wildman–Crippen LogP) is 3.29. The molecule has 0 aliphatic carbocycles. The lowest BCUT2D eigenvalue weighted by Crippen LogP contribution is -2.54. The molecule has 2 rings (SSSR count). The molecule has 2 aromatic carbocycles. The molecular formula is C33H42N4O7. The average molecular weight is 607 g/mol. The summed E-state index contributed by atoms with van der Waals surface area (Å²) in [6, 6.07) is 13.8. The summed E-state index contributed by atoms with van der Waals surface area (Å²) in [5, 5.41) is 5.05. The van der Waals surface area contributed by atoms with E-state index in [1.54, 1.807) is 90.1 Å². The molecule has 11 heteroatoms. The maximum absolute atomic E-state index is 14.0. The molecule has 0 aromatic heterocycles. The first-order chi connectivity index (χ1) is 20.4. The molecule has 0 bridgehead atoms. The van der Waals surface area contributed by atoms with Gasteiger partial charge in [-0.25, -0.2) is 9.59 Å². The zero-order valence-electron chi connectivity index (χ0n) is 26.3. The number of hydrogen-bond acceptors (Lipinski definition) is 7. The number of amides is 4. The van der Waals surface area contributed by atoms with E-state index >= 15 is 0 Å². The van der Waals surface area contributed by atoms with Crippen LogP contribution in [0.2, 0.25) is 0 Å². The Morgan fingerprint density at radius 3 is 1.93 bits per heavy atom. The minimum Gasteiger partial charge on any atom is -0.458 e. The molecule has 0 aliphatic heterocycles. The molecule has 2 aromatic rings. The highest BCUT2D eigenvalue weighted by Crippen LogP contribution is 2.24. The summed E-state index contributed by atoms with van der Waals surface area (Å²) in [7, 11) is 0. The largest absolute Gasteiger partial charge is 0.458 e. The van der Waals surface area contributed by atoms with Crippen molar-refractivity contribution in [3.05, 3.63) is 71.3 Å². The summed E-state index contributed by atoms with van der Waals surface area (Å²) in [5.74, 6) is -3.34. The third-order valence-electron chi connectivity index (χ3n) is 5.96. The van der Waals surface area contributed by atoms with Crippen molar-refractivity contribution in [2.45, 2.75) is 90.6 Å². The van der Waals surface area contributed by atoms with E-state index < -0.39 is 65.5 Å². The minimum atomic E-state index is -1.55. The highest BCUT2D eigenvalue weighted by Gasteiger charge is 2.38. The first-order valence-corrected chi connectivity index (χ1v) is 14.1. The van der Waals surface area contributed by atoms with Gasteiger partial charge in [-0.1, -0.05) is 66.6 Å². The first-order valence-electron chi connectivity index (χ1n) is 14.1. The van der Waals surface area contributed by atoms with Gasteiger partial charge in [0.15, 0.2) is 0 Å². The Hall–Kier alpha value is -4.85. The van der Waals surface area contributed by atoms with E-state index in [2.05, 4.69) is 16.7 Å². The topological polar surface area (TPSA) is 157 Å². The van der Waals surface area contributed by atoms with Crippen LogP contribution in [-0.4, -0.2) is 58.0 Å². The van der Waals surface area contributed by atoms with E-state index in [1.165, 1.54) is 0 Å². The van der Waals surface area contributed by atoms with Crippen molar-refractivity contribution >= 4 is 29.8 Å². The Morgan fingerprint density at radius 1 is 0.864 bits per heavy atom. The molecule has 0 spiro atoms. The van der Waals surface area contributed by atoms with Crippen molar-refractivity contribution in [1.82, 2.24) is 15.5 Å². The van der Waals surface area contributed by atoms with Gasteiger partial charge in [0.25, 0.3) is 5.91 Å². The molecule has 0 aliphatic rings. The van der Waals surface area contributed by atoms with Crippen molar-refractivity contribution in [3.63, 3.8) is 0 Å². The van der Waals surface area contributed by atoms with Crippen LogP contribution in [0, 0.1) is 19.4 Å². The van der Waals surface area contributed by atoms with Crippen LogP contribution in [0.25, 0.3) is 0 Å². The van der Waals surface area contributed by atoms with E-state index in [9.17, 15) is 24.0 Å². The molecule has 4 amide bonds. The van der Waals surface area contributed by atoms with E-state index in [-0.39, 0.29) is 6.42 Å². The summed E-state index contributed by atoms with van der Waals surface area (Å²) < 4.78 is 10.8.